The molecule has 0 bridgehead atoms. The van der Waals surface area contributed by atoms with Crippen LogP contribution < -0.4 is 10.6 Å². The van der Waals surface area contributed by atoms with Gasteiger partial charge in [-0.2, -0.15) is 21.9 Å². The maximum Gasteiger partial charge on any atom is 0.254 e. The minimum Gasteiger partial charge on any atom is -0.373 e. The summed E-state index contributed by atoms with van der Waals surface area (Å²) in [4.78, 5) is 21.2. The summed E-state index contributed by atoms with van der Waals surface area (Å²) in [5, 5.41) is 29.6. The molecule has 2 aromatic rings. The van der Waals surface area contributed by atoms with Gasteiger partial charge in [0.2, 0.25) is 0 Å². The van der Waals surface area contributed by atoms with Crippen molar-refractivity contribution in [1.82, 2.24) is 25.4 Å². The number of hydrogen-bond acceptors (Lipinski definition) is 8. The zero-order valence-electron chi connectivity index (χ0n) is 21.2. The molecule has 2 aromatic heterocycles. The number of aryl methyl sites for hydroxylation is 1. The number of carbonyl (C=O) groups is 1. The first kappa shape index (κ1) is 28.7. The molecule has 3 rings (SSSR count). The van der Waals surface area contributed by atoms with E-state index in [1.165, 1.54) is 0 Å². The number of nitriles is 2. The maximum absolute atomic E-state index is 12.6. The van der Waals surface area contributed by atoms with E-state index in [2.05, 4.69) is 43.8 Å². The van der Waals surface area contributed by atoms with Crippen LogP contribution in [-0.2, 0) is 6.54 Å². The van der Waals surface area contributed by atoms with Crippen molar-refractivity contribution in [3.63, 3.8) is 0 Å². The monoisotopic (exact) mass is 559 g/mol. The van der Waals surface area contributed by atoms with E-state index in [0.717, 1.165) is 37.9 Å². The molecule has 1 atom stereocenters. The molecule has 2 N–H and O–H groups in total. The Morgan fingerprint density at radius 1 is 1.32 bits per heavy atom. The average Bonchev–Trinajstić information content (AvgIpc) is 3.39. The van der Waals surface area contributed by atoms with Crippen molar-refractivity contribution in [1.29, 1.82) is 10.5 Å². The van der Waals surface area contributed by atoms with Gasteiger partial charge in [-0.3, -0.25) is 4.79 Å². The molecule has 0 saturated carbocycles. The van der Waals surface area contributed by atoms with Crippen molar-refractivity contribution in [2.45, 2.75) is 51.7 Å². The van der Waals surface area contributed by atoms with E-state index in [9.17, 15) is 15.3 Å². The Kier molecular flexibility index (Phi) is 10.6. The topological polar surface area (TPSA) is 108 Å². The molecular formula is C26H31Cl2N7OS. The third-order valence-corrected chi connectivity index (χ3v) is 7.90. The number of rotatable bonds is 10. The zero-order valence-corrected chi connectivity index (χ0v) is 23.6. The molecule has 0 aromatic carbocycles. The molecule has 196 valence electrons. The molecule has 11 heteroatoms. The molecule has 1 aliphatic rings. The number of pyridine rings is 1. The van der Waals surface area contributed by atoms with Crippen molar-refractivity contribution >= 4 is 40.4 Å². The summed E-state index contributed by atoms with van der Waals surface area (Å²) in [6.07, 6.45) is 2.60. The Hall–Kier alpha value is -2.82. The highest BCUT2D eigenvalue weighted by molar-refractivity contribution is 7.07. The lowest BCUT2D eigenvalue weighted by Gasteiger charge is -2.42. The number of amides is 1. The van der Waals surface area contributed by atoms with Crippen LogP contribution in [0.1, 0.15) is 47.7 Å². The van der Waals surface area contributed by atoms with Gasteiger partial charge in [0.1, 0.15) is 28.3 Å². The van der Waals surface area contributed by atoms with Gasteiger partial charge in [-0.1, -0.05) is 23.2 Å². The number of thiophene rings is 1. The first-order chi connectivity index (χ1) is 17.8. The molecular weight excluding hydrogens is 529 g/mol. The van der Waals surface area contributed by atoms with Crippen LogP contribution in [0.4, 0.5) is 0 Å². The maximum atomic E-state index is 12.6. The smallest absolute Gasteiger partial charge is 0.254 e. The number of carbonyl (C=O) groups excluding carboxylic acids is 1. The van der Waals surface area contributed by atoms with Crippen molar-refractivity contribution in [3.8, 4) is 12.1 Å². The number of aromatic nitrogens is 1. The quantitative estimate of drug-likeness (QED) is 0.320. The second kappa shape index (κ2) is 13.6. The van der Waals surface area contributed by atoms with E-state index < -0.39 is 0 Å². The number of piperidine rings is 1. The normalized spacial score (nSPS) is 14.8. The van der Waals surface area contributed by atoms with Gasteiger partial charge >= 0.3 is 0 Å². The van der Waals surface area contributed by atoms with Gasteiger partial charge in [-0.25, -0.2) is 4.98 Å². The minimum atomic E-state index is -0.251. The van der Waals surface area contributed by atoms with E-state index >= 15 is 0 Å². The molecule has 0 spiro atoms. The van der Waals surface area contributed by atoms with Crippen molar-refractivity contribution < 1.29 is 4.79 Å². The van der Waals surface area contributed by atoms with Crippen molar-refractivity contribution in [2.24, 2.45) is 0 Å². The third-order valence-electron chi connectivity index (χ3n) is 6.70. The molecule has 0 aliphatic carbocycles. The lowest BCUT2D eigenvalue weighted by molar-refractivity contribution is 0.0904. The van der Waals surface area contributed by atoms with Crippen LogP contribution in [0.2, 0.25) is 10.3 Å². The summed E-state index contributed by atoms with van der Waals surface area (Å²) in [5.74, 6) is 0.329. The summed E-state index contributed by atoms with van der Waals surface area (Å²) in [7, 11) is 1.75. The van der Waals surface area contributed by atoms with Gasteiger partial charge in [0.05, 0.1) is 5.56 Å². The minimum absolute atomic E-state index is 0.0931. The fourth-order valence-corrected chi connectivity index (χ4v) is 5.96. The highest BCUT2D eigenvalue weighted by atomic mass is 35.5. The number of nitrogens with one attached hydrogen (secondary N) is 2. The summed E-state index contributed by atoms with van der Waals surface area (Å²) in [5.41, 5.74) is 2.30. The Balaban J connectivity index is 1.58. The highest BCUT2D eigenvalue weighted by Crippen LogP contribution is 2.26. The summed E-state index contributed by atoms with van der Waals surface area (Å²) < 4.78 is 0. The number of likely N-dealkylation sites (tertiary alicyclic amines) is 1. The molecule has 1 unspecified atom stereocenters. The lowest BCUT2D eigenvalue weighted by atomic mass is 9.99. The molecule has 1 aliphatic heterocycles. The van der Waals surface area contributed by atoms with Crippen LogP contribution in [0.5, 0.6) is 0 Å². The average molecular weight is 561 g/mol. The summed E-state index contributed by atoms with van der Waals surface area (Å²) >= 11 is 13.7. The highest BCUT2D eigenvalue weighted by Gasteiger charge is 2.29. The molecule has 1 fully saturated rings. The molecule has 1 saturated heterocycles. The van der Waals surface area contributed by atoms with E-state index in [4.69, 9.17) is 23.2 Å². The van der Waals surface area contributed by atoms with E-state index in [0.29, 0.717) is 30.0 Å². The van der Waals surface area contributed by atoms with Gasteiger partial charge in [-0.15, -0.1) is 0 Å². The van der Waals surface area contributed by atoms with E-state index in [1.807, 2.05) is 17.5 Å². The third kappa shape index (κ3) is 7.37. The lowest BCUT2D eigenvalue weighted by Crippen LogP contribution is -2.49. The SMILES string of the molecule is CNC(=C(C#N)C#N)N(Cc1ccsc1)C1CCN(C(C)CCNC(=O)c2c(C)cc(Cl)nc2Cl)CC1. The van der Waals surface area contributed by atoms with Crippen LogP contribution in [0, 0.1) is 29.6 Å². The molecule has 37 heavy (non-hydrogen) atoms. The van der Waals surface area contributed by atoms with E-state index in [-0.39, 0.29) is 33.9 Å². The van der Waals surface area contributed by atoms with Crippen LogP contribution in [0.15, 0.2) is 34.3 Å². The molecule has 0 radical (unpaired) electrons. The number of halogens is 2. The first-order valence-electron chi connectivity index (χ1n) is 12.1. The second-order valence-electron chi connectivity index (χ2n) is 9.05. The Bertz CT molecular complexity index is 1160. The Morgan fingerprint density at radius 2 is 2.03 bits per heavy atom. The standard InChI is InChI=1S/C26H31Cl2N7OS/c1-17-12-22(27)33-24(28)23(17)26(36)32-8-4-18(2)34-9-5-21(6-10-34)35(15-19-7-11-37-16-19)25(31-3)20(13-29)14-30/h7,11-12,16,18,21,31H,4-6,8-10,15H2,1-3H3,(H,32,36). The zero-order chi connectivity index (χ0) is 26.9. The number of hydrogen-bond donors (Lipinski definition) is 2. The Labute approximate surface area is 232 Å². The Morgan fingerprint density at radius 3 is 2.59 bits per heavy atom. The van der Waals surface area contributed by atoms with Crippen molar-refractivity contribution in [2.75, 3.05) is 26.7 Å². The van der Waals surface area contributed by atoms with Gasteiger partial charge in [-0.05, 0) is 67.1 Å². The second-order valence-corrected chi connectivity index (χ2v) is 10.6. The van der Waals surface area contributed by atoms with Gasteiger partial charge in [0.15, 0.2) is 5.57 Å². The van der Waals surface area contributed by atoms with Gasteiger partial charge < -0.3 is 20.4 Å². The number of allylic oxidation sites excluding steroid dienone is 1. The van der Waals surface area contributed by atoms with Crippen LogP contribution in [0.25, 0.3) is 0 Å². The van der Waals surface area contributed by atoms with E-state index in [1.54, 1.807) is 31.4 Å². The summed E-state index contributed by atoms with van der Waals surface area (Å²) in [6, 6.07) is 8.25. The van der Waals surface area contributed by atoms with Gasteiger partial charge in [0.25, 0.3) is 5.91 Å². The fourth-order valence-electron chi connectivity index (χ4n) is 4.69. The predicted octanol–water partition coefficient (Wildman–Crippen LogP) is 4.71. The van der Waals surface area contributed by atoms with Crippen LogP contribution in [-0.4, -0.2) is 59.5 Å². The van der Waals surface area contributed by atoms with Gasteiger partial charge in [0, 0.05) is 45.3 Å². The predicted molar refractivity (Wildman–Crippen MR) is 147 cm³/mol. The number of nitrogens with zero attached hydrogens (tertiary/aromatic N) is 5. The molecule has 1 amide bonds. The fraction of sp³-hybridized carbons (Fsp3) is 0.462. The van der Waals surface area contributed by atoms with Crippen LogP contribution >= 0.6 is 34.5 Å². The molecule has 3 heterocycles. The van der Waals surface area contributed by atoms with Crippen LogP contribution in [0.3, 0.4) is 0 Å². The first-order valence-corrected chi connectivity index (χ1v) is 13.8. The summed E-state index contributed by atoms with van der Waals surface area (Å²) in [6.45, 7) is 6.88. The van der Waals surface area contributed by atoms with Crippen molar-refractivity contribution in [3.05, 3.63) is 61.3 Å². The molecule has 8 nitrogen and oxygen atoms in total. The largest absolute Gasteiger partial charge is 0.373 e.